The molecule has 1 unspecified atom stereocenters. The molecule has 1 N–H and O–H groups in total. The van der Waals surface area contributed by atoms with Gasteiger partial charge >= 0.3 is 0 Å². The summed E-state index contributed by atoms with van der Waals surface area (Å²) < 4.78 is 0. The lowest BCUT2D eigenvalue weighted by atomic mass is 10.0. The fourth-order valence-corrected chi connectivity index (χ4v) is 2.28. The average Bonchev–Trinajstić information content (AvgIpc) is 2.46. The molecule has 0 saturated heterocycles. The van der Waals surface area contributed by atoms with Crippen LogP contribution >= 0.6 is 0 Å². The number of hydrogen-bond acceptors (Lipinski definition) is 2. The highest BCUT2D eigenvalue weighted by Gasteiger charge is 2.13. The second-order valence-corrected chi connectivity index (χ2v) is 5.05. The van der Waals surface area contributed by atoms with Gasteiger partial charge in [0.25, 0.3) is 0 Å². The normalized spacial score (nSPS) is 14.1. The predicted molar refractivity (Wildman–Crippen MR) is 80.0 cm³/mol. The summed E-state index contributed by atoms with van der Waals surface area (Å²) in [6.45, 7) is 6.53. The van der Waals surface area contributed by atoms with Crippen LogP contribution in [0.2, 0.25) is 0 Å². The van der Waals surface area contributed by atoms with Gasteiger partial charge in [-0.25, -0.2) is 0 Å². The van der Waals surface area contributed by atoms with Crippen LogP contribution < -0.4 is 5.32 Å². The predicted octanol–water partition coefficient (Wildman–Crippen LogP) is 4.19. The van der Waals surface area contributed by atoms with Crippen LogP contribution in [0, 0.1) is 6.92 Å². The van der Waals surface area contributed by atoms with Crippen LogP contribution in [0.25, 0.3) is 0 Å². The molecule has 2 rings (SSSR count). The molecule has 2 nitrogen and oxygen atoms in total. The third-order valence-corrected chi connectivity index (χ3v) is 3.52. The van der Waals surface area contributed by atoms with Gasteiger partial charge in [0.15, 0.2) is 0 Å². The van der Waals surface area contributed by atoms with Crippen LogP contribution in [0.4, 0.5) is 0 Å². The Morgan fingerprint density at radius 3 is 2.42 bits per heavy atom. The second-order valence-electron chi connectivity index (χ2n) is 5.05. The Kier molecular flexibility index (Phi) is 4.69. The van der Waals surface area contributed by atoms with Gasteiger partial charge in [-0.15, -0.1) is 0 Å². The van der Waals surface area contributed by atoms with Crippen molar-refractivity contribution in [3.63, 3.8) is 0 Å². The average molecular weight is 254 g/mol. The van der Waals surface area contributed by atoms with Crippen LogP contribution in [-0.4, -0.2) is 4.98 Å². The number of hydrogen-bond donors (Lipinski definition) is 1. The highest BCUT2D eigenvalue weighted by Crippen LogP contribution is 2.22. The molecule has 0 radical (unpaired) electrons. The molecule has 0 aliphatic rings. The largest absolute Gasteiger partial charge is 0.303 e. The molecule has 0 saturated carbocycles. The number of nitrogens with one attached hydrogen (secondary N) is 1. The fraction of sp³-hybridized carbons (Fsp3) is 0.353. The summed E-state index contributed by atoms with van der Waals surface area (Å²) in [4.78, 5) is 4.18. The quantitative estimate of drug-likeness (QED) is 0.865. The van der Waals surface area contributed by atoms with E-state index in [1.54, 1.807) is 0 Å². The Bertz CT molecular complexity index is 490. The van der Waals surface area contributed by atoms with E-state index in [-0.39, 0.29) is 0 Å². The number of aromatic nitrogens is 1. The summed E-state index contributed by atoms with van der Waals surface area (Å²) in [5, 5.41) is 3.68. The lowest BCUT2D eigenvalue weighted by molar-refractivity contribution is 0.455. The molecule has 19 heavy (non-hydrogen) atoms. The number of aryl methyl sites for hydroxylation is 1. The highest BCUT2D eigenvalue weighted by molar-refractivity contribution is 5.24. The molecule has 0 aliphatic heterocycles. The molecule has 0 bridgehead atoms. The van der Waals surface area contributed by atoms with Gasteiger partial charge in [0, 0.05) is 24.5 Å². The van der Waals surface area contributed by atoms with E-state index in [1.807, 2.05) is 18.5 Å². The van der Waals surface area contributed by atoms with Crippen molar-refractivity contribution in [1.29, 1.82) is 0 Å². The first-order valence-corrected chi connectivity index (χ1v) is 6.93. The summed E-state index contributed by atoms with van der Waals surface area (Å²) >= 11 is 0. The molecule has 2 heteroatoms. The summed E-state index contributed by atoms with van der Waals surface area (Å²) in [5.41, 5.74) is 3.89. The maximum absolute atomic E-state index is 4.18. The molecule has 1 aromatic heterocycles. The molecule has 0 amide bonds. The van der Waals surface area contributed by atoms with Gasteiger partial charge in [0.05, 0.1) is 0 Å². The number of pyridine rings is 1. The van der Waals surface area contributed by atoms with E-state index >= 15 is 0 Å². The van der Waals surface area contributed by atoms with Gasteiger partial charge in [-0.2, -0.15) is 0 Å². The lowest BCUT2D eigenvalue weighted by Crippen LogP contribution is -2.24. The van der Waals surface area contributed by atoms with E-state index in [0.29, 0.717) is 12.1 Å². The van der Waals surface area contributed by atoms with E-state index in [1.165, 1.54) is 16.7 Å². The summed E-state index contributed by atoms with van der Waals surface area (Å²) in [6, 6.07) is 13.6. The van der Waals surface area contributed by atoms with E-state index in [4.69, 9.17) is 0 Å². The standard InChI is InChI=1S/C17H22N2/c1-4-17(15-9-7-13(2)8-10-15)19-14(3)16-6-5-11-18-12-16/h5-12,14,17,19H,4H2,1-3H3/t14-,17?/m1/s1. The molecule has 0 fully saturated rings. The van der Waals surface area contributed by atoms with Gasteiger partial charge in [-0.1, -0.05) is 42.8 Å². The zero-order valence-electron chi connectivity index (χ0n) is 11.9. The smallest absolute Gasteiger partial charge is 0.0323 e. The third-order valence-electron chi connectivity index (χ3n) is 3.52. The third kappa shape index (κ3) is 3.65. The molecule has 2 aromatic rings. The van der Waals surface area contributed by atoms with Crippen molar-refractivity contribution in [3.05, 3.63) is 65.5 Å². The zero-order chi connectivity index (χ0) is 13.7. The number of nitrogens with zero attached hydrogens (tertiary/aromatic N) is 1. The topological polar surface area (TPSA) is 24.9 Å². The summed E-state index contributed by atoms with van der Waals surface area (Å²) in [7, 11) is 0. The van der Waals surface area contributed by atoms with E-state index < -0.39 is 0 Å². The van der Waals surface area contributed by atoms with Crippen molar-refractivity contribution in [3.8, 4) is 0 Å². The first-order valence-electron chi connectivity index (χ1n) is 6.93. The Morgan fingerprint density at radius 2 is 1.84 bits per heavy atom. The van der Waals surface area contributed by atoms with Gasteiger partial charge < -0.3 is 5.32 Å². The maximum atomic E-state index is 4.18. The van der Waals surface area contributed by atoms with Gasteiger partial charge in [0.2, 0.25) is 0 Å². The molecule has 1 heterocycles. The van der Waals surface area contributed by atoms with Crippen molar-refractivity contribution >= 4 is 0 Å². The Labute approximate surface area is 115 Å². The van der Waals surface area contributed by atoms with Crippen molar-refractivity contribution in [1.82, 2.24) is 10.3 Å². The minimum atomic E-state index is 0.306. The monoisotopic (exact) mass is 254 g/mol. The lowest BCUT2D eigenvalue weighted by Gasteiger charge is -2.23. The van der Waals surface area contributed by atoms with Crippen molar-refractivity contribution in [2.24, 2.45) is 0 Å². The Morgan fingerprint density at radius 1 is 1.11 bits per heavy atom. The Balaban J connectivity index is 2.09. The molecule has 0 aliphatic carbocycles. The van der Waals surface area contributed by atoms with E-state index in [9.17, 15) is 0 Å². The summed E-state index contributed by atoms with van der Waals surface area (Å²) in [6.07, 6.45) is 4.82. The van der Waals surface area contributed by atoms with Gasteiger partial charge in [-0.3, -0.25) is 4.98 Å². The SMILES string of the molecule is CCC(N[C@H](C)c1cccnc1)c1ccc(C)cc1. The van der Waals surface area contributed by atoms with Crippen molar-refractivity contribution in [2.75, 3.05) is 0 Å². The van der Waals surface area contributed by atoms with E-state index in [0.717, 1.165) is 6.42 Å². The maximum Gasteiger partial charge on any atom is 0.0323 e. The minimum absolute atomic E-state index is 0.306. The molecular weight excluding hydrogens is 232 g/mol. The van der Waals surface area contributed by atoms with Crippen LogP contribution in [0.3, 0.4) is 0 Å². The molecular formula is C17H22N2. The van der Waals surface area contributed by atoms with Gasteiger partial charge in [0.1, 0.15) is 0 Å². The van der Waals surface area contributed by atoms with E-state index in [2.05, 4.69) is 61.4 Å². The molecule has 2 atom stereocenters. The Hall–Kier alpha value is -1.67. The van der Waals surface area contributed by atoms with Crippen LogP contribution in [0.15, 0.2) is 48.8 Å². The van der Waals surface area contributed by atoms with Crippen LogP contribution in [-0.2, 0) is 0 Å². The first kappa shape index (κ1) is 13.8. The van der Waals surface area contributed by atoms with Crippen LogP contribution in [0.1, 0.15) is 49.0 Å². The van der Waals surface area contributed by atoms with Crippen molar-refractivity contribution < 1.29 is 0 Å². The second kappa shape index (κ2) is 6.48. The first-order chi connectivity index (χ1) is 9.20. The molecule has 0 spiro atoms. The number of benzene rings is 1. The zero-order valence-corrected chi connectivity index (χ0v) is 11.9. The molecule has 100 valence electrons. The van der Waals surface area contributed by atoms with Gasteiger partial charge in [-0.05, 0) is 37.5 Å². The highest BCUT2D eigenvalue weighted by atomic mass is 14.9. The minimum Gasteiger partial charge on any atom is -0.303 e. The number of rotatable bonds is 5. The van der Waals surface area contributed by atoms with Crippen molar-refractivity contribution in [2.45, 2.75) is 39.3 Å². The fourth-order valence-electron chi connectivity index (χ4n) is 2.28. The van der Waals surface area contributed by atoms with Crippen LogP contribution in [0.5, 0.6) is 0 Å². The summed E-state index contributed by atoms with van der Waals surface area (Å²) in [5.74, 6) is 0. The molecule has 1 aromatic carbocycles.